The van der Waals surface area contributed by atoms with E-state index in [9.17, 15) is 13.2 Å². The fraction of sp³-hybridized carbons (Fsp3) is 0.842. The standard InChI is InChI=1S/C19H28N4O3S2/c24-17(22(14-3-1-2-4-14)16-9-10-28(25,26)12-16)11-27-19-21-20-18(13-5-6-13)23(19)15-7-8-15/h13-16H,1-12H2. The Morgan fingerprint density at radius 1 is 1.04 bits per heavy atom. The third-order valence-electron chi connectivity index (χ3n) is 6.48. The van der Waals surface area contributed by atoms with Gasteiger partial charge >= 0.3 is 0 Å². The van der Waals surface area contributed by atoms with Crippen LogP contribution in [0.15, 0.2) is 5.16 Å². The Morgan fingerprint density at radius 2 is 1.79 bits per heavy atom. The van der Waals surface area contributed by atoms with Gasteiger partial charge in [0.1, 0.15) is 5.82 Å². The van der Waals surface area contributed by atoms with Crippen LogP contribution < -0.4 is 0 Å². The lowest BCUT2D eigenvalue weighted by molar-refractivity contribution is -0.132. The van der Waals surface area contributed by atoms with E-state index in [4.69, 9.17) is 0 Å². The molecule has 2 heterocycles. The number of carbonyl (C=O) groups is 1. The molecule has 3 saturated carbocycles. The molecule has 0 aromatic carbocycles. The van der Waals surface area contributed by atoms with Crippen molar-refractivity contribution in [1.29, 1.82) is 0 Å². The summed E-state index contributed by atoms with van der Waals surface area (Å²) in [6, 6.07) is 0.563. The molecule has 154 valence electrons. The van der Waals surface area contributed by atoms with Crippen LogP contribution in [0.4, 0.5) is 0 Å². The van der Waals surface area contributed by atoms with E-state index >= 15 is 0 Å². The Morgan fingerprint density at radius 3 is 2.39 bits per heavy atom. The van der Waals surface area contributed by atoms with Gasteiger partial charge in [0.25, 0.3) is 0 Å². The molecule has 4 aliphatic rings. The number of hydrogen-bond acceptors (Lipinski definition) is 6. The van der Waals surface area contributed by atoms with Gasteiger partial charge in [-0.15, -0.1) is 10.2 Å². The molecule has 4 fully saturated rings. The zero-order valence-electron chi connectivity index (χ0n) is 16.1. The summed E-state index contributed by atoms with van der Waals surface area (Å²) in [5.74, 6) is 2.38. The van der Waals surface area contributed by atoms with Gasteiger partial charge in [-0.05, 0) is 44.9 Å². The van der Waals surface area contributed by atoms with Crippen LogP contribution in [0.2, 0.25) is 0 Å². The van der Waals surface area contributed by atoms with Crippen molar-refractivity contribution in [3.8, 4) is 0 Å². The highest BCUT2D eigenvalue weighted by Gasteiger charge is 2.40. The van der Waals surface area contributed by atoms with Crippen LogP contribution in [-0.2, 0) is 14.6 Å². The van der Waals surface area contributed by atoms with Gasteiger partial charge in [-0.25, -0.2) is 8.42 Å². The van der Waals surface area contributed by atoms with Gasteiger partial charge < -0.3 is 9.47 Å². The van der Waals surface area contributed by atoms with Crippen LogP contribution in [0.5, 0.6) is 0 Å². The molecule has 1 amide bonds. The lowest BCUT2D eigenvalue weighted by Crippen LogP contribution is -2.47. The van der Waals surface area contributed by atoms with Gasteiger partial charge in [0.05, 0.1) is 17.3 Å². The number of sulfone groups is 1. The van der Waals surface area contributed by atoms with Crippen LogP contribution in [0.25, 0.3) is 0 Å². The maximum Gasteiger partial charge on any atom is 0.233 e. The van der Waals surface area contributed by atoms with Crippen molar-refractivity contribution in [2.75, 3.05) is 17.3 Å². The first-order valence-corrected chi connectivity index (χ1v) is 13.4. The largest absolute Gasteiger partial charge is 0.335 e. The minimum atomic E-state index is -3.01. The second kappa shape index (κ2) is 7.31. The first kappa shape index (κ1) is 18.9. The predicted octanol–water partition coefficient (Wildman–Crippen LogP) is 2.54. The van der Waals surface area contributed by atoms with E-state index in [0.29, 0.717) is 24.1 Å². The van der Waals surface area contributed by atoms with Crippen molar-refractivity contribution < 1.29 is 13.2 Å². The van der Waals surface area contributed by atoms with Crippen molar-refractivity contribution in [1.82, 2.24) is 19.7 Å². The number of nitrogens with zero attached hydrogens (tertiary/aromatic N) is 4. The molecule has 9 heteroatoms. The number of aromatic nitrogens is 3. The molecule has 3 aliphatic carbocycles. The number of thioether (sulfide) groups is 1. The van der Waals surface area contributed by atoms with Gasteiger partial charge in [-0.3, -0.25) is 4.79 Å². The number of amides is 1. The summed E-state index contributed by atoms with van der Waals surface area (Å²) in [5.41, 5.74) is 0. The van der Waals surface area contributed by atoms with E-state index in [-0.39, 0.29) is 29.5 Å². The second-order valence-electron chi connectivity index (χ2n) is 8.80. The average molecular weight is 425 g/mol. The summed E-state index contributed by atoms with van der Waals surface area (Å²) in [7, 11) is -3.01. The first-order chi connectivity index (χ1) is 13.5. The SMILES string of the molecule is O=C(CSc1nnc(C2CC2)n1C1CC1)N(C1CCCC1)C1CCS(=O)(=O)C1. The molecule has 1 atom stereocenters. The Bertz CT molecular complexity index is 855. The van der Waals surface area contributed by atoms with Crippen LogP contribution >= 0.6 is 11.8 Å². The van der Waals surface area contributed by atoms with Crippen LogP contribution in [-0.4, -0.2) is 63.3 Å². The third kappa shape index (κ3) is 3.84. The van der Waals surface area contributed by atoms with Crippen LogP contribution in [0.3, 0.4) is 0 Å². The van der Waals surface area contributed by atoms with Crippen LogP contribution in [0, 0.1) is 0 Å². The molecule has 7 nitrogen and oxygen atoms in total. The van der Waals surface area contributed by atoms with Gasteiger partial charge in [0.15, 0.2) is 15.0 Å². The van der Waals surface area contributed by atoms with Crippen molar-refractivity contribution in [3.05, 3.63) is 5.82 Å². The van der Waals surface area contributed by atoms with Crippen molar-refractivity contribution >= 4 is 27.5 Å². The maximum absolute atomic E-state index is 13.2. The fourth-order valence-electron chi connectivity index (χ4n) is 4.77. The molecule has 1 unspecified atom stereocenters. The number of hydrogen-bond donors (Lipinski definition) is 0. The quantitative estimate of drug-likeness (QED) is 0.626. The molecule has 5 rings (SSSR count). The Kier molecular flexibility index (Phi) is 4.93. The summed E-state index contributed by atoms with van der Waals surface area (Å²) in [5, 5.41) is 9.69. The minimum absolute atomic E-state index is 0.0670. The van der Waals surface area contributed by atoms with Crippen molar-refractivity contribution in [3.63, 3.8) is 0 Å². The van der Waals surface area contributed by atoms with Gasteiger partial charge in [-0.1, -0.05) is 24.6 Å². The lowest BCUT2D eigenvalue weighted by atomic mass is 10.1. The summed E-state index contributed by atoms with van der Waals surface area (Å²) in [6.45, 7) is 0. The molecule has 1 aromatic heterocycles. The summed E-state index contributed by atoms with van der Waals surface area (Å²) < 4.78 is 26.3. The number of rotatable bonds is 7. The second-order valence-corrected chi connectivity index (χ2v) is 12.0. The monoisotopic (exact) mass is 424 g/mol. The van der Waals surface area contributed by atoms with E-state index in [1.165, 1.54) is 37.4 Å². The Hall–Kier alpha value is -1.09. The smallest absolute Gasteiger partial charge is 0.233 e. The van der Waals surface area contributed by atoms with E-state index in [1.807, 2.05) is 4.90 Å². The molecule has 1 saturated heterocycles. The lowest BCUT2D eigenvalue weighted by Gasteiger charge is -2.34. The Balaban J connectivity index is 1.30. The van der Waals surface area contributed by atoms with Crippen molar-refractivity contribution in [2.45, 2.75) is 87.0 Å². The minimum Gasteiger partial charge on any atom is -0.335 e. The maximum atomic E-state index is 13.2. The van der Waals surface area contributed by atoms with Gasteiger partial charge in [0.2, 0.25) is 5.91 Å². The highest BCUT2D eigenvalue weighted by molar-refractivity contribution is 7.99. The molecule has 0 spiro atoms. The van der Waals surface area contributed by atoms with Crippen LogP contribution in [0.1, 0.15) is 75.6 Å². The topological polar surface area (TPSA) is 85.2 Å². The van der Waals surface area contributed by atoms with E-state index in [2.05, 4.69) is 14.8 Å². The van der Waals surface area contributed by atoms with Gasteiger partial charge in [-0.2, -0.15) is 0 Å². The fourth-order valence-corrected chi connectivity index (χ4v) is 7.36. The van der Waals surface area contributed by atoms with Gasteiger partial charge in [0, 0.05) is 24.0 Å². The first-order valence-electron chi connectivity index (χ1n) is 10.6. The average Bonchev–Trinajstić information content (AvgIpc) is 3.56. The molecular weight excluding hydrogens is 396 g/mol. The third-order valence-corrected chi connectivity index (χ3v) is 9.16. The summed E-state index contributed by atoms with van der Waals surface area (Å²) in [6.07, 6.45) is 9.57. The molecule has 0 N–H and O–H groups in total. The Labute approximate surface area is 170 Å². The van der Waals surface area contributed by atoms with E-state index in [0.717, 1.165) is 36.7 Å². The van der Waals surface area contributed by atoms with E-state index in [1.54, 1.807) is 0 Å². The molecule has 28 heavy (non-hydrogen) atoms. The normalized spacial score (nSPS) is 27.4. The van der Waals surface area contributed by atoms with Crippen molar-refractivity contribution in [2.24, 2.45) is 0 Å². The summed E-state index contributed by atoms with van der Waals surface area (Å²) in [4.78, 5) is 15.1. The molecule has 1 aliphatic heterocycles. The van der Waals surface area contributed by atoms with E-state index < -0.39 is 9.84 Å². The zero-order valence-corrected chi connectivity index (χ0v) is 17.8. The molecular formula is C19H28N4O3S2. The highest BCUT2D eigenvalue weighted by Crippen LogP contribution is 2.46. The zero-order chi connectivity index (χ0) is 19.3. The summed E-state index contributed by atoms with van der Waals surface area (Å²) >= 11 is 1.48. The molecule has 0 bridgehead atoms. The number of carbonyl (C=O) groups excluding carboxylic acids is 1. The highest BCUT2D eigenvalue weighted by atomic mass is 32.2. The molecule has 1 aromatic rings. The predicted molar refractivity (Wildman–Crippen MR) is 107 cm³/mol. The molecule has 0 radical (unpaired) electrons.